The summed E-state index contributed by atoms with van der Waals surface area (Å²) in [6.07, 6.45) is 0. The highest BCUT2D eigenvalue weighted by Crippen LogP contribution is 2.46. The summed E-state index contributed by atoms with van der Waals surface area (Å²) in [6, 6.07) is 17.5. The average Bonchev–Trinajstić information content (AvgIpc) is 3.13. The van der Waals surface area contributed by atoms with E-state index in [2.05, 4.69) is 0 Å². The van der Waals surface area contributed by atoms with E-state index in [4.69, 9.17) is 9.47 Å². The number of amides is 1. The van der Waals surface area contributed by atoms with Gasteiger partial charge in [-0.05, 0) is 60.7 Å². The number of ether oxygens (including phenoxy) is 2. The molecule has 1 unspecified atom stereocenters. The molecule has 1 saturated heterocycles. The molecule has 0 spiro atoms. The van der Waals surface area contributed by atoms with Crippen molar-refractivity contribution in [2.45, 2.75) is 39.7 Å². The molecular weight excluding hydrogens is 454 g/mol. The molecule has 1 heterocycles. The summed E-state index contributed by atoms with van der Waals surface area (Å²) < 4.78 is 11.2. The second kappa shape index (κ2) is 9.90. The molecular formula is C30H31NO5. The van der Waals surface area contributed by atoms with Crippen molar-refractivity contribution in [3.05, 3.63) is 94.1 Å². The molecule has 6 heteroatoms. The number of Topliss-reactive ketones (excluding diaryl/α,β-unsaturated/α-hetero) is 1. The third-order valence-corrected chi connectivity index (χ3v) is 6.71. The Morgan fingerprint density at radius 1 is 0.889 bits per heavy atom. The Hall–Kier alpha value is -4.06. The SMILES string of the molecule is COc1cc(C)c(/C(O)=C2\C(=O)C(=O)N(c3ccccc3C)C2c2ccccc2OC)cc1C(C)C. The van der Waals surface area contributed by atoms with Gasteiger partial charge in [0.15, 0.2) is 0 Å². The molecule has 1 atom stereocenters. The maximum absolute atomic E-state index is 13.6. The van der Waals surface area contributed by atoms with E-state index in [0.717, 1.165) is 16.7 Å². The molecule has 36 heavy (non-hydrogen) atoms. The number of aryl methyl sites for hydroxylation is 2. The predicted octanol–water partition coefficient (Wildman–Crippen LogP) is 6.07. The Bertz CT molecular complexity index is 1370. The van der Waals surface area contributed by atoms with Crippen molar-refractivity contribution >= 4 is 23.1 Å². The van der Waals surface area contributed by atoms with Crippen molar-refractivity contribution in [3.63, 3.8) is 0 Å². The predicted molar refractivity (Wildman–Crippen MR) is 141 cm³/mol. The smallest absolute Gasteiger partial charge is 0.300 e. The van der Waals surface area contributed by atoms with E-state index in [1.807, 2.05) is 76.2 Å². The zero-order valence-electron chi connectivity index (χ0n) is 21.5. The van der Waals surface area contributed by atoms with Crippen LogP contribution >= 0.6 is 0 Å². The molecule has 0 bridgehead atoms. The number of aliphatic hydroxyl groups excluding tert-OH is 1. The van der Waals surface area contributed by atoms with Gasteiger partial charge in [-0.25, -0.2) is 0 Å². The van der Waals surface area contributed by atoms with E-state index in [0.29, 0.717) is 28.3 Å². The summed E-state index contributed by atoms with van der Waals surface area (Å²) in [4.78, 5) is 28.6. The van der Waals surface area contributed by atoms with Gasteiger partial charge in [0.1, 0.15) is 17.3 Å². The van der Waals surface area contributed by atoms with Crippen molar-refractivity contribution in [2.24, 2.45) is 0 Å². The van der Waals surface area contributed by atoms with E-state index >= 15 is 0 Å². The number of methoxy groups -OCH3 is 2. The molecule has 186 valence electrons. The summed E-state index contributed by atoms with van der Waals surface area (Å²) in [5.41, 5.74) is 4.18. The van der Waals surface area contributed by atoms with Gasteiger partial charge in [0.2, 0.25) is 0 Å². The van der Waals surface area contributed by atoms with Gasteiger partial charge in [0.05, 0.1) is 25.8 Å². The number of nitrogens with zero attached hydrogens (tertiary/aromatic N) is 1. The molecule has 3 aromatic carbocycles. The normalized spacial score (nSPS) is 17.1. The van der Waals surface area contributed by atoms with Gasteiger partial charge < -0.3 is 14.6 Å². The molecule has 1 amide bonds. The molecule has 4 rings (SSSR count). The highest BCUT2D eigenvalue weighted by molar-refractivity contribution is 6.51. The minimum atomic E-state index is -0.869. The number of hydrogen-bond acceptors (Lipinski definition) is 5. The van der Waals surface area contributed by atoms with E-state index in [1.54, 1.807) is 26.4 Å². The molecule has 1 aliphatic rings. The van der Waals surface area contributed by atoms with Crippen LogP contribution in [0.3, 0.4) is 0 Å². The number of carbonyl (C=O) groups excluding carboxylic acids is 2. The monoisotopic (exact) mass is 485 g/mol. The summed E-state index contributed by atoms with van der Waals surface area (Å²) in [6.45, 7) is 7.79. The topological polar surface area (TPSA) is 76.1 Å². The van der Waals surface area contributed by atoms with Gasteiger partial charge >= 0.3 is 0 Å². The van der Waals surface area contributed by atoms with Crippen LogP contribution in [0.4, 0.5) is 5.69 Å². The first-order valence-corrected chi connectivity index (χ1v) is 11.9. The zero-order chi connectivity index (χ0) is 26.1. The molecule has 0 saturated carbocycles. The summed E-state index contributed by atoms with van der Waals surface area (Å²) in [7, 11) is 3.15. The Morgan fingerprint density at radius 2 is 1.53 bits per heavy atom. The Balaban J connectivity index is 2.04. The molecule has 1 aliphatic heterocycles. The molecule has 1 N–H and O–H groups in total. The minimum absolute atomic E-state index is 0.0238. The second-order valence-electron chi connectivity index (χ2n) is 9.26. The van der Waals surface area contributed by atoms with Crippen LogP contribution in [-0.2, 0) is 9.59 Å². The highest BCUT2D eigenvalue weighted by Gasteiger charge is 2.48. The lowest BCUT2D eigenvalue weighted by Crippen LogP contribution is -2.30. The van der Waals surface area contributed by atoms with Crippen molar-refractivity contribution in [2.75, 3.05) is 19.1 Å². The Labute approximate surface area is 211 Å². The lowest BCUT2D eigenvalue weighted by Gasteiger charge is -2.28. The number of para-hydroxylation sites is 2. The number of anilines is 1. The zero-order valence-corrected chi connectivity index (χ0v) is 21.5. The van der Waals surface area contributed by atoms with E-state index in [1.165, 1.54) is 4.90 Å². The van der Waals surface area contributed by atoms with Crippen LogP contribution in [0.2, 0.25) is 0 Å². The lowest BCUT2D eigenvalue weighted by molar-refractivity contribution is -0.132. The number of rotatable bonds is 6. The largest absolute Gasteiger partial charge is 0.507 e. The first kappa shape index (κ1) is 25.0. The van der Waals surface area contributed by atoms with Crippen molar-refractivity contribution in [1.82, 2.24) is 0 Å². The maximum Gasteiger partial charge on any atom is 0.300 e. The van der Waals surface area contributed by atoms with E-state index < -0.39 is 17.7 Å². The quantitative estimate of drug-likeness (QED) is 0.261. The molecule has 0 aromatic heterocycles. The van der Waals surface area contributed by atoms with Gasteiger partial charge in [-0.15, -0.1) is 0 Å². The van der Waals surface area contributed by atoms with Crippen LogP contribution in [0, 0.1) is 13.8 Å². The number of hydrogen-bond donors (Lipinski definition) is 1. The maximum atomic E-state index is 13.6. The third-order valence-electron chi connectivity index (χ3n) is 6.71. The third kappa shape index (κ3) is 4.13. The van der Waals surface area contributed by atoms with Gasteiger partial charge in [-0.1, -0.05) is 50.2 Å². The first-order valence-electron chi connectivity index (χ1n) is 11.9. The summed E-state index contributed by atoms with van der Waals surface area (Å²) in [5.74, 6) is -0.317. The van der Waals surface area contributed by atoms with Gasteiger partial charge in [0.25, 0.3) is 11.7 Å². The second-order valence-corrected chi connectivity index (χ2v) is 9.26. The van der Waals surface area contributed by atoms with E-state index in [9.17, 15) is 14.7 Å². The number of ketones is 1. The molecule has 1 fully saturated rings. The van der Waals surface area contributed by atoms with Crippen LogP contribution in [0.25, 0.3) is 5.76 Å². The van der Waals surface area contributed by atoms with Crippen LogP contribution in [0.1, 0.15) is 53.6 Å². The minimum Gasteiger partial charge on any atom is -0.507 e. The first-order chi connectivity index (χ1) is 17.2. The lowest BCUT2D eigenvalue weighted by atomic mass is 9.90. The number of benzene rings is 3. The van der Waals surface area contributed by atoms with Gasteiger partial charge in [-0.2, -0.15) is 0 Å². The Kier molecular flexibility index (Phi) is 6.88. The highest BCUT2D eigenvalue weighted by atomic mass is 16.5. The van der Waals surface area contributed by atoms with E-state index in [-0.39, 0.29) is 17.3 Å². The number of carbonyl (C=O) groups is 2. The average molecular weight is 486 g/mol. The fourth-order valence-electron chi connectivity index (χ4n) is 4.83. The standard InChI is InChI=1S/C30H31NO5/c1-17(2)21-16-22(19(4)15-25(21)36-6)28(32)26-27(20-12-8-10-14-24(20)35-5)31(30(34)29(26)33)23-13-9-7-11-18(23)3/h7-17,27,32H,1-6H3/b28-26+. The van der Waals surface area contributed by atoms with Gasteiger partial charge in [0, 0.05) is 16.8 Å². The van der Waals surface area contributed by atoms with Crippen LogP contribution in [0.5, 0.6) is 11.5 Å². The molecule has 3 aromatic rings. The molecule has 0 radical (unpaired) electrons. The van der Waals surface area contributed by atoms with Crippen molar-refractivity contribution in [1.29, 1.82) is 0 Å². The van der Waals surface area contributed by atoms with Crippen LogP contribution < -0.4 is 14.4 Å². The fourth-order valence-corrected chi connectivity index (χ4v) is 4.83. The Morgan fingerprint density at radius 3 is 2.17 bits per heavy atom. The molecule has 6 nitrogen and oxygen atoms in total. The summed E-state index contributed by atoms with van der Waals surface area (Å²) >= 11 is 0. The van der Waals surface area contributed by atoms with Crippen molar-refractivity contribution in [3.8, 4) is 11.5 Å². The summed E-state index contributed by atoms with van der Waals surface area (Å²) in [5, 5.41) is 11.7. The van der Waals surface area contributed by atoms with Gasteiger partial charge in [-0.3, -0.25) is 14.5 Å². The van der Waals surface area contributed by atoms with Crippen LogP contribution in [-0.4, -0.2) is 31.0 Å². The number of aliphatic hydroxyl groups is 1. The van der Waals surface area contributed by atoms with Crippen molar-refractivity contribution < 1.29 is 24.2 Å². The van der Waals surface area contributed by atoms with Crippen LogP contribution in [0.15, 0.2) is 66.2 Å². The molecule has 0 aliphatic carbocycles. The fraction of sp³-hybridized carbons (Fsp3) is 0.267.